The predicted octanol–water partition coefficient (Wildman–Crippen LogP) is 3.20. The number of rotatable bonds is 21. The Hall–Kier alpha value is -5.63. The van der Waals surface area contributed by atoms with Gasteiger partial charge in [-0.2, -0.15) is 4.98 Å². The van der Waals surface area contributed by atoms with Crippen LogP contribution in [0.4, 0.5) is 11.8 Å². The molecule has 20 nitrogen and oxygen atoms in total. The Kier molecular flexibility index (Phi) is 17.5. The molecule has 1 aliphatic heterocycles. The molecule has 0 spiro atoms. The number of hydrogen-bond donors (Lipinski definition) is 2. The van der Waals surface area contributed by atoms with Crippen molar-refractivity contribution in [2.75, 3.05) is 50.8 Å². The van der Waals surface area contributed by atoms with Crippen molar-refractivity contribution >= 4 is 35.7 Å². The fourth-order valence-electron chi connectivity index (χ4n) is 4.97. The highest BCUT2D eigenvalue weighted by Crippen LogP contribution is 2.27. The average Bonchev–Trinajstić information content (AvgIpc) is 3.62. The van der Waals surface area contributed by atoms with Crippen molar-refractivity contribution in [3.63, 3.8) is 0 Å². The summed E-state index contributed by atoms with van der Waals surface area (Å²) in [5, 5.41) is 24.5. The Labute approximate surface area is 303 Å². The zero-order chi connectivity index (χ0) is 37.7. The fourth-order valence-corrected chi connectivity index (χ4v) is 5.25. The lowest BCUT2D eigenvalue weighted by atomic mass is 10.2. The number of halogens is 1. The molecule has 2 aromatic heterocycles. The van der Waals surface area contributed by atoms with Crippen LogP contribution in [0.1, 0.15) is 53.8 Å². The van der Waals surface area contributed by atoms with E-state index >= 15 is 0 Å². The summed E-state index contributed by atoms with van der Waals surface area (Å²) in [6.07, 6.45) is 7.17. The minimum absolute atomic E-state index is 0.0293. The molecule has 0 saturated carbocycles. The smallest absolute Gasteiger partial charge is 0.294 e. The molecule has 1 aliphatic rings. The van der Waals surface area contributed by atoms with Gasteiger partial charge in [-0.25, -0.2) is 15.0 Å². The van der Waals surface area contributed by atoms with Gasteiger partial charge in [0.1, 0.15) is 42.3 Å². The number of nitrogens with one attached hydrogen (secondary N) is 2. The van der Waals surface area contributed by atoms with Gasteiger partial charge in [0, 0.05) is 45.4 Å². The van der Waals surface area contributed by atoms with Crippen LogP contribution in [0, 0.1) is 20.2 Å². The number of amides is 1. The van der Waals surface area contributed by atoms with Crippen LogP contribution in [-0.2, 0) is 37.0 Å². The predicted molar refractivity (Wildman–Crippen MR) is 183 cm³/mol. The standard InChI is InChI=1S/C24H26ClN7O4.C7H14N2O7/c1-35-20-6-5-16(10-19(20)25)11-28-22-18(23(34)29-13-21-26-7-3-8-27-21)12-30-24(31-22)32-9-2-4-17(32)14-36-15-33;1-14-5-3-2-4-7(16-9(12)13)6-15-8(10)11/h3,5-8,10,12,15,17H,2,4,9,11,13-14H2,1H3,(H,29,34)(H,28,30,31);7H,2-6H2,1H3. The van der Waals surface area contributed by atoms with E-state index in [0.29, 0.717) is 67.2 Å². The monoisotopic (exact) mass is 749 g/mol. The van der Waals surface area contributed by atoms with E-state index in [-0.39, 0.29) is 30.7 Å². The van der Waals surface area contributed by atoms with E-state index < -0.39 is 22.9 Å². The summed E-state index contributed by atoms with van der Waals surface area (Å²) in [5.74, 6) is 1.50. The Bertz CT molecular complexity index is 1590. The maximum absolute atomic E-state index is 13.0. The van der Waals surface area contributed by atoms with Crippen LogP contribution in [0.25, 0.3) is 0 Å². The Balaban J connectivity index is 0.000000385. The van der Waals surface area contributed by atoms with E-state index in [0.717, 1.165) is 24.9 Å². The highest BCUT2D eigenvalue weighted by atomic mass is 35.5. The Morgan fingerprint density at radius 3 is 2.60 bits per heavy atom. The third-order valence-electron chi connectivity index (χ3n) is 7.44. The summed E-state index contributed by atoms with van der Waals surface area (Å²) in [7, 11) is 3.10. The fraction of sp³-hybridized carbons (Fsp3) is 0.484. The van der Waals surface area contributed by atoms with Gasteiger partial charge in [-0.15, -0.1) is 20.2 Å². The second-order valence-electron chi connectivity index (χ2n) is 11.0. The number of anilines is 2. The van der Waals surface area contributed by atoms with Crippen LogP contribution in [-0.4, -0.2) is 95.2 Å². The van der Waals surface area contributed by atoms with E-state index in [2.05, 4.69) is 40.2 Å². The van der Waals surface area contributed by atoms with Gasteiger partial charge in [-0.3, -0.25) is 9.59 Å². The third kappa shape index (κ3) is 13.9. The second kappa shape index (κ2) is 22.2. The number of carbonyl (C=O) groups is 2. The number of ether oxygens (including phenoxy) is 3. The summed E-state index contributed by atoms with van der Waals surface area (Å²) in [5.41, 5.74) is 1.15. The first kappa shape index (κ1) is 40.8. The third-order valence-corrected chi connectivity index (χ3v) is 7.73. The van der Waals surface area contributed by atoms with Gasteiger partial charge in [0.05, 0.1) is 24.7 Å². The quantitative estimate of drug-likeness (QED) is 0.0687. The minimum Gasteiger partial charge on any atom is -0.495 e. The van der Waals surface area contributed by atoms with Crippen molar-refractivity contribution in [3.8, 4) is 5.75 Å². The second-order valence-corrected chi connectivity index (χ2v) is 11.4. The molecule has 0 bridgehead atoms. The first-order chi connectivity index (χ1) is 25.1. The summed E-state index contributed by atoms with van der Waals surface area (Å²) in [6.45, 7) is 2.01. The molecule has 1 fully saturated rings. The number of methoxy groups -OCH3 is 2. The molecule has 1 amide bonds. The molecule has 2 N–H and O–H groups in total. The van der Waals surface area contributed by atoms with E-state index in [4.69, 9.17) is 25.8 Å². The van der Waals surface area contributed by atoms with Crippen LogP contribution < -0.4 is 20.3 Å². The van der Waals surface area contributed by atoms with Gasteiger partial charge in [-0.1, -0.05) is 17.7 Å². The molecule has 1 saturated heterocycles. The van der Waals surface area contributed by atoms with Crippen LogP contribution in [0.3, 0.4) is 0 Å². The molecule has 3 heterocycles. The minimum atomic E-state index is -1.01. The van der Waals surface area contributed by atoms with Crippen LogP contribution in [0.15, 0.2) is 42.9 Å². The highest BCUT2D eigenvalue weighted by Gasteiger charge is 2.28. The maximum Gasteiger partial charge on any atom is 0.294 e. The molecule has 2 unspecified atom stereocenters. The van der Waals surface area contributed by atoms with Gasteiger partial charge in [-0.05, 0) is 55.9 Å². The summed E-state index contributed by atoms with van der Waals surface area (Å²) in [4.78, 5) is 71.3. The number of benzene rings is 1. The Morgan fingerprint density at radius 2 is 1.92 bits per heavy atom. The van der Waals surface area contributed by atoms with Crippen LogP contribution in [0.2, 0.25) is 5.02 Å². The van der Waals surface area contributed by atoms with Gasteiger partial charge in [0.25, 0.3) is 22.6 Å². The van der Waals surface area contributed by atoms with Gasteiger partial charge in [0.15, 0.2) is 0 Å². The SMILES string of the molecule is COCCCCC(CO[N+](=O)[O-])O[N+](=O)[O-].COc1ccc(CNc2nc(N3CCCC3COC=O)ncc2C(=O)NCc2ncccn2)cc1Cl. The molecule has 3 aromatic rings. The van der Waals surface area contributed by atoms with Crippen molar-refractivity contribution in [2.24, 2.45) is 0 Å². The van der Waals surface area contributed by atoms with Crippen molar-refractivity contribution in [1.82, 2.24) is 25.3 Å². The van der Waals surface area contributed by atoms with E-state index in [1.165, 1.54) is 6.20 Å². The number of unbranched alkanes of at least 4 members (excludes halogenated alkanes) is 1. The van der Waals surface area contributed by atoms with E-state index in [1.807, 2.05) is 11.0 Å². The zero-order valence-corrected chi connectivity index (χ0v) is 29.3. The molecular formula is C31H40ClN9O11. The number of nitrogens with zero attached hydrogens (tertiary/aromatic N) is 7. The summed E-state index contributed by atoms with van der Waals surface area (Å²) >= 11 is 6.26. The molecule has 21 heteroatoms. The normalized spacial score (nSPS) is 13.9. The van der Waals surface area contributed by atoms with Crippen molar-refractivity contribution in [3.05, 3.63) is 85.1 Å². The lowest BCUT2D eigenvalue weighted by Gasteiger charge is -2.24. The Morgan fingerprint density at radius 1 is 1.13 bits per heavy atom. The number of aromatic nitrogens is 4. The number of hydrogen-bond acceptors (Lipinski definition) is 17. The van der Waals surface area contributed by atoms with Gasteiger partial charge < -0.3 is 39.4 Å². The van der Waals surface area contributed by atoms with Crippen molar-refractivity contribution in [1.29, 1.82) is 0 Å². The van der Waals surface area contributed by atoms with Gasteiger partial charge in [0.2, 0.25) is 5.95 Å². The van der Waals surface area contributed by atoms with E-state index in [9.17, 15) is 29.8 Å². The number of carbonyl (C=O) groups excluding carboxylic acids is 2. The molecule has 2 atom stereocenters. The highest BCUT2D eigenvalue weighted by molar-refractivity contribution is 6.32. The molecule has 4 rings (SSSR count). The van der Waals surface area contributed by atoms with Crippen LogP contribution >= 0.6 is 11.6 Å². The maximum atomic E-state index is 13.0. The first-order valence-electron chi connectivity index (χ1n) is 16.0. The molecule has 52 heavy (non-hydrogen) atoms. The first-order valence-corrected chi connectivity index (χ1v) is 16.4. The summed E-state index contributed by atoms with van der Waals surface area (Å²) < 4.78 is 15.0. The van der Waals surface area contributed by atoms with E-state index in [1.54, 1.807) is 44.8 Å². The van der Waals surface area contributed by atoms with Crippen molar-refractivity contribution < 1.29 is 43.6 Å². The topological polar surface area (TPSA) is 245 Å². The van der Waals surface area contributed by atoms with Crippen molar-refractivity contribution in [2.45, 2.75) is 57.3 Å². The molecule has 1 aromatic carbocycles. The molecule has 282 valence electrons. The lowest BCUT2D eigenvalue weighted by Crippen LogP contribution is -2.35. The summed E-state index contributed by atoms with van der Waals surface area (Å²) in [6, 6.07) is 7.12. The largest absolute Gasteiger partial charge is 0.495 e. The zero-order valence-electron chi connectivity index (χ0n) is 28.6. The average molecular weight is 750 g/mol. The molecule has 0 radical (unpaired) electrons. The lowest BCUT2D eigenvalue weighted by molar-refractivity contribution is -0.790. The molecule has 0 aliphatic carbocycles. The van der Waals surface area contributed by atoms with Crippen LogP contribution in [0.5, 0.6) is 5.75 Å². The molecular weight excluding hydrogens is 710 g/mol. The van der Waals surface area contributed by atoms with Gasteiger partial charge >= 0.3 is 0 Å².